The highest BCUT2D eigenvalue weighted by Crippen LogP contribution is 2.39. The number of methoxy groups -OCH3 is 1. The Labute approximate surface area is 182 Å². The Morgan fingerprint density at radius 2 is 2.00 bits per heavy atom. The number of thioether (sulfide) groups is 1. The van der Waals surface area contributed by atoms with Crippen LogP contribution >= 0.6 is 11.8 Å². The minimum absolute atomic E-state index is 0.0723. The van der Waals surface area contributed by atoms with Crippen molar-refractivity contribution in [1.29, 1.82) is 0 Å². The van der Waals surface area contributed by atoms with Crippen molar-refractivity contribution in [3.05, 3.63) is 69.8 Å². The van der Waals surface area contributed by atoms with Crippen LogP contribution < -0.4 is 9.47 Å². The van der Waals surface area contributed by atoms with Crippen molar-refractivity contribution in [1.82, 2.24) is 14.8 Å². The highest BCUT2D eigenvalue weighted by Gasteiger charge is 2.25. The first-order valence-corrected chi connectivity index (χ1v) is 10.0. The zero-order valence-electron chi connectivity index (χ0n) is 16.8. The average molecular weight is 442 g/mol. The number of hydrogen-bond donors (Lipinski definition) is 0. The first kappa shape index (κ1) is 22.1. The summed E-state index contributed by atoms with van der Waals surface area (Å²) in [6.07, 6.45) is 5.23. The monoisotopic (exact) mass is 442 g/mol. The molecule has 0 amide bonds. The lowest BCUT2D eigenvalue weighted by Crippen LogP contribution is -2.11. The summed E-state index contributed by atoms with van der Waals surface area (Å²) in [7, 11) is 1.48. The smallest absolute Gasteiger partial charge is 0.220 e. The lowest BCUT2D eigenvalue weighted by molar-refractivity contribution is -0.479. The summed E-state index contributed by atoms with van der Waals surface area (Å²) in [4.78, 5) is 11.0. The number of benzene rings is 2. The topological polar surface area (TPSA) is 92.3 Å². The summed E-state index contributed by atoms with van der Waals surface area (Å²) in [5.74, 6) is 3.44. The zero-order valence-corrected chi connectivity index (χ0v) is 17.6. The molecule has 0 fully saturated rings. The molecule has 0 aliphatic heterocycles. The Hall–Kier alpha value is -3.58. The molecule has 3 rings (SSSR count). The summed E-state index contributed by atoms with van der Waals surface area (Å²) >= 11 is 1.18. The number of ether oxygens (including phenoxy) is 2. The van der Waals surface area contributed by atoms with Crippen LogP contribution in [0.25, 0.3) is 5.69 Å². The number of terminal acetylenes is 1. The minimum atomic E-state index is -0.589. The molecule has 0 N–H and O–H groups in total. The van der Waals surface area contributed by atoms with Crippen LogP contribution in [0.2, 0.25) is 0 Å². The second-order valence-electron chi connectivity index (χ2n) is 6.37. The summed E-state index contributed by atoms with van der Waals surface area (Å²) in [6, 6.07) is 10.9. The molecule has 8 nitrogen and oxygen atoms in total. The van der Waals surface area contributed by atoms with Crippen molar-refractivity contribution in [2.24, 2.45) is 0 Å². The summed E-state index contributed by atoms with van der Waals surface area (Å²) in [5.41, 5.74) is 1.31. The first-order chi connectivity index (χ1) is 14.9. The van der Waals surface area contributed by atoms with Crippen LogP contribution in [0.4, 0.5) is 4.39 Å². The van der Waals surface area contributed by atoms with E-state index in [0.717, 1.165) is 0 Å². The van der Waals surface area contributed by atoms with Crippen LogP contribution in [-0.4, -0.2) is 39.9 Å². The van der Waals surface area contributed by atoms with Crippen LogP contribution in [0.5, 0.6) is 11.5 Å². The standard InChI is InChI=1S/C21H19FN4O4S/c1-4-11-30-18-10-5-15(12-19(18)29-3)20(13-25(27)28)31-21-24-23-14(2)26(21)17-8-6-16(22)7-9-17/h1,5-10,12,20H,11,13H2,2-3H3/t20-/m0/s1. The van der Waals surface area contributed by atoms with Gasteiger partial charge in [0.15, 0.2) is 16.7 Å². The lowest BCUT2D eigenvalue weighted by atomic mass is 10.1. The molecule has 31 heavy (non-hydrogen) atoms. The molecule has 3 aromatic rings. The Bertz CT molecular complexity index is 1110. The van der Waals surface area contributed by atoms with Crippen molar-refractivity contribution in [3.8, 4) is 29.5 Å². The van der Waals surface area contributed by atoms with E-state index in [0.29, 0.717) is 33.7 Å². The predicted octanol–water partition coefficient (Wildman–Crippen LogP) is 3.85. The maximum absolute atomic E-state index is 13.3. The highest BCUT2D eigenvalue weighted by atomic mass is 32.2. The van der Waals surface area contributed by atoms with Gasteiger partial charge in [0.25, 0.3) is 0 Å². The van der Waals surface area contributed by atoms with Gasteiger partial charge in [-0.2, -0.15) is 0 Å². The second-order valence-corrected chi connectivity index (χ2v) is 7.54. The fourth-order valence-electron chi connectivity index (χ4n) is 2.90. The van der Waals surface area contributed by atoms with Gasteiger partial charge in [-0.1, -0.05) is 23.7 Å². The van der Waals surface area contributed by atoms with E-state index in [1.165, 1.54) is 31.0 Å². The normalized spacial score (nSPS) is 11.5. The maximum Gasteiger partial charge on any atom is 0.220 e. The number of aryl methyl sites for hydroxylation is 1. The zero-order chi connectivity index (χ0) is 22.4. The van der Waals surface area contributed by atoms with Crippen LogP contribution in [0.15, 0.2) is 47.6 Å². The second kappa shape index (κ2) is 9.95. The molecule has 0 saturated carbocycles. The van der Waals surface area contributed by atoms with E-state index in [1.54, 1.807) is 41.8 Å². The van der Waals surface area contributed by atoms with Gasteiger partial charge < -0.3 is 9.47 Å². The molecular weight excluding hydrogens is 423 g/mol. The molecule has 10 heteroatoms. The number of rotatable bonds is 9. The molecule has 0 saturated heterocycles. The Morgan fingerprint density at radius 1 is 1.26 bits per heavy atom. The lowest BCUT2D eigenvalue weighted by Gasteiger charge is -2.16. The molecule has 1 aromatic heterocycles. The largest absolute Gasteiger partial charge is 0.493 e. The Kier molecular flexibility index (Phi) is 7.10. The number of hydrogen-bond acceptors (Lipinski definition) is 7. The van der Waals surface area contributed by atoms with Gasteiger partial charge in [-0.25, -0.2) is 4.39 Å². The highest BCUT2D eigenvalue weighted by molar-refractivity contribution is 7.99. The molecule has 1 heterocycles. The van der Waals surface area contributed by atoms with E-state index in [-0.39, 0.29) is 19.0 Å². The first-order valence-electron chi connectivity index (χ1n) is 9.13. The van der Waals surface area contributed by atoms with E-state index in [4.69, 9.17) is 15.9 Å². The molecule has 0 spiro atoms. The van der Waals surface area contributed by atoms with Gasteiger partial charge in [0, 0.05) is 10.6 Å². The van der Waals surface area contributed by atoms with Crippen molar-refractivity contribution in [2.45, 2.75) is 17.3 Å². The van der Waals surface area contributed by atoms with Gasteiger partial charge >= 0.3 is 0 Å². The van der Waals surface area contributed by atoms with Crippen LogP contribution in [-0.2, 0) is 0 Å². The molecule has 0 radical (unpaired) electrons. The van der Waals surface area contributed by atoms with Crippen LogP contribution in [0.3, 0.4) is 0 Å². The van der Waals surface area contributed by atoms with Gasteiger partial charge in [0.1, 0.15) is 23.5 Å². The van der Waals surface area contributed by atoms with E-state index in [9.17, 15) is 14.5 Å². The molecule has 0 unspecified atom stereocenters. The van der Waals surface area contributed by atoms with Crippen molar-refractivity contribution >= 4 is 11.8 Å². The van der Waals surface area contributed by atoms with Gasteiger partial charge in [0.2, 0.25) is 6.54 Å². The third-order valence-electron chi connectivity index (χ3n) is 4.31. The van der Waals surface area contributed by atoms with Gasteiger partial charge in [-0.15, -0.1) is 16.6 Å². The van der Waals surface area contributed by atoms with Gasteiger partial charge in [-0.05, 0) is 48.9 Å². The number of aromatic nitrogens is 3. The number of nitrogens with zero attached hydrogens (tertiary/aromatic N) is 4. The quantitative estimate of drug-likeness (QED) is 0.215. The predicted molar refractivity (Wildman–Crippen MR) is 114 cm³/mol. The van der Waals surface area contributed by atoms with Crippen molar-refractivity contribution in [2.75, 3.05) is 20.3 Å². The summed E-state index contributed by atoms with van der Waals surface area (Å²) < 4.78 is 25.9. The fraction of sp³-hybridized carbons (Fsp3) is 0.238. The van der Waals surface area contributed by atoms with Crippen LogP contribution in [0.1, 0.15) is 16.6 Å². The molecule has 160 valence electrons. The van der Waals surface area contributed by atoms with Gasteiger partial charge in [0.05, 0.1) is 7.11 Å². The molecule has 0 aliphatic carbocycles. The van der Waals surface area contributed by atoms with Crippen LogP contribution in [0, 0.1) is 35.2 Å². The van der Waals surface area contributed by atoms with E-state index < -0.39 is 10.2 Å². The average Bonchev–Trinajstić information content (AvgIpc) is 3.12. The maximum atomic E-state index is 13.3. The molecular formula is C21H19FN4O4S. The van der Waals surface area contributed by atoms with Crippen molar-refractivity contribution in [3.63, 3.8) is 0 Å². The van der Waals surface area contributed by atoms with Crippen molar-refractivity contribution < 1.29 is 18.8 Å². The SMILES string of the molecule is C#CCOc1ccc([C@H](C[N+](=O)[O-])Sc2nnc(C)n2-c2ccc(F)cc2)cc1OC. The van der Waals surface area contributed by atoms with E-state index in [1.807, 2.05) is 0 Å². The van der Waals surface area contributed by atoms with E-state index in [2.05, 4.69) is 16.1 Å². The summed E-state index contributed by atoms with van der Waals surface area (Å²) in [6.45, 7) is 1.47. The fourth-order valence-corrected chi connectivity index (χ4v) is 4.07. The summed E-state index contributed by atoms with van der Waals surface area (Å²) in [5, 5.41) is 19.5. The molecule has 0 aliphatic rings. The third kappa shape index (κ3) is 5.32. The minimum Gasteiger partial charge on any atom is -0.493 e. The van der Waals surface area contributed by atoms with Gasteiger partial charge in [-0.3, -0.25) is 14.7 Å². The number of halogens is 1. The van der Waals surface area contributed by atoms with E-state index >= 15 is 0 Å². The molecule has 1 atom stereocenters. The molecule has 2 aromatic carbocycles. The Balaban J connectivity index is 1.96. The molecule has 0 bridgehead atoms. The number of nitro groups is 1. The third-order valence-corrected chi connectivity index (χ3v) is 5.49. The Morgan fingerprint density at radius 3 is 2.65 bits per heavy atom.